The third kappa shape index (κ3) is 7.37. The first-order valence-corrected chi connectivity index (χ1v) is 20.6. The van der Waals surface area contributed by atoms with Crippen molar-refractivity contribution in [2.45, 2.75) is 88.8 Å². The molecule has 56 heavy (non-hydrogen) atoms. The Hall–Kier alpha value is -4.92. The molecule has 5 aromatic rings. The monoisotopic (exact) mass is 778 g/mol. The van der Waals surface area contributed by atoms with E-state index in [2.05, 4.69) is 38.5 Å². The van der Waals surface area contributed by atoms with E-state index in [1.54, 1.807) is 65.8 Å². The molecule has 2 aliphatic heterocycles. The average Bonchev–Trinajstić information content (AvgIpc) is 3.72. The second-order valence-corrected chi connectivity index (χ2v) is 17.4. The summed E-state index contributed by atoms with van der Waals surface area (Å²) in [6.07, 6.45) is 8.61. The van der Waals surface area contributed by atoms with Gasteiger partial charge in [-0.2, -0.15) is 0 Å². The highest BCUT2D eigenvalue weighted by atomic mass is 32.1. The van der Waals surface area contributed by atoms with Gasteiger partial charge in [0.1, 0.15) is 11.7 Å². The number of imidazole rings is 1. The van der Waals surface area contributed by atoms with Gasteiger partial charge in [0.25, 0.3) is 5.91 Å². The number of nitrogens with zero attached hydrogens (tertiary/aromatic N) is 6. The van der Waals surface area contributed by atoms with Gasteiger partial charge in [0, 0.05) is 62.5 Å². The lowest BCUT2D eigenvalue weighted by Gasteiger charge is -2.40. The molecule has 1 atom stereocenters. The van der Waals surface area contributed by atoms with Gasteiger partial charge in [-0.25, -0.2) is 9.78 Å². The van der Waals surface area contributed by atoms with Crippen LogP contribution in [0.1, 0.15) is 98.2 Å². The van der Waals surface area contributed by atoms with Crippen LogP contribution in [0.2, 0.25) is 0 Å². The summed E-state index contributed by atoms with van der Waals surface area (Å²) >= 11 is 1.68. The van der Waals surface area contributed by atoms with Crippen LogP contribution >= 0.6 is 11.3 Å². The topological polar surface area (TPSA) is 155 Å². The standard InChI is InChI=1S/C42H50N8O5S/c1-42(2,55)28-22-31-35(23-30(28)44-38(52)29-8-5-6-19-43-29)56-40(45-31)26-13-11-25(12-14-26)24-47(3)27-17-20-49(21-18-27)32-9-7-10-33-37(32)48(4)41(54)50(33)34-15-16-36(51)46-39(34)53/h5-10,19,22-23,25-27,34,55H,11-18,20-21,24H2,1-4H3,(H,44,52)(H,46,51,53)/t25-,26-,34?. The molecule has 3 amide bonds. The van der Waals surface area contributed by atoms with E-state index in [1.807, 2.05) is 24.3 Å². The first kappa shape index (κ1) is 38.0. The van der Waals surface area contributed by atoms with E-state index < -0.39 is 17.6 Å². The van der Waals surface area contributed by atoms with Gasteiger partial charge in [-0.3, -0.25) is 33.8 Å². The zero-order valence-corrected chi connectivity index (χ0v) is 33.3. The van der Waals surface area contributed by atoms with Crippen molar-refractivity contribution >= 4 is 61.7 Å². The van der Waals surface area contributed by atoms with Crippen LogP contribution in [0.15, 0.2) is 59.5 Å². The van der Waals surface area contributed by atoms with Crippen molar-refractivity contribution in [3.63, 3.8) is 0 Å². The molecule has 3 N–H and O–H groups in total. The Balaban J connectivity index is 0.882. The molecule has 1 aliphatic carbocycles. The van der Waals surface area contributed by atoms with Crippen LogP contribution in [0.25, 0.3) is 21.3 Å². The number of fused-ring (bicyclic) bond motifs is 2. The van der Waals surface area contributed by atoms with E-state index in [0.717, 1.165) is 90.1 Å². The van der Waals surface area contributed by atoms with Crippen molar-refractivity contribution in [2.24, 2.45) is 13.0 Å². The van der Waals surface area contributed by atoms with Crippen LogP contribution in [-0.2, 0) is 22.2 Å². The first-order valence-electron chi connectivity index (χ1n) is 19.7. The van der Waals surface area contributed by atoms with Crippen molar-refractivity contribution in [2.75, 3.05) is 36.9 Å². The number of nitrogens with one attached hydrogen (secondary N) is 2. The molecular formula is C42H50N8O5S. The number of pyridine rings is 1. The maximum atomic E-state index is 13.5. The van der Waals surface area contributed by atoms with E-state index in [9.17, 15) is 24.3 Å². The molecular weight excluding hydrogens is 729 g/mol. The zero-order valence-electron chi connectivity index (χ0n) is 32.5. The molecule has 1 unspecified atom stereocenters. The molecule has 3 aromatic heterocycles. The quantitative estimate of drug-likeness (QED) is 0.161. The molecule has 8 rings (SSSR count). The van der Waals surface area contributed by atoms with E-state index in [1.165, 1.54) is 0 Å². The summed E-state index contributed by atoms with van der Waals surface area (Å²) in [5.74, 6) is -0.0303. The highest BCUT2D eigenvalue weighted by Crippen LogP contribution is 2.42. The number of thiazole rings is 1. The Morgan fingerprint density at radius 1 is 1.02 bits per heavy atom. The lowest BCUT2D eigenvalue weighted by molar-refractivity contribution is -0.135. The third-order valence-electron chi connectivity index (χ3n) is 12.1. The fourth-order valence-electron chi connectivity index (χ4n) is 9.06. The number of rotatable bonds is 9. The molecule has 5 heterocycles. The SMILES string of the molecule is CN(C[C@H]1CC[C@H](c2nc3cc(C(C)(C)O)c(NC(=O)c4ccccn4)cc3s2)CC1)C1CCN(c2cccc3c2n(C)c(=O)n3C2CCC(=O)NC2=O)CC1. The lowest BCUT2D eigenvalue weighted by Crippen LogP contribution is -2.45. The van der Waals surface area contributed by atoms with Gasteiger partial charge in [-0.05, 0) is 108 Å². The average molecular weight is 779 g/mol. The molecule has 2 aromatic carbocycles. The number of amides is 3. The number of aromatic nitrogens is 4. The number of piperidine rings is 2. The predicted octanol–water partition coefficient (Wildman–Crippen LogP) is 5.68. The number of aliphatic hydroxyl groups is 1. The largest absolute Gasteiger partial charge is 0.386 e. The van der Waals surface area contributed by atoms with E-state index in [4.69, 9.17) is 4.98 Å². The normalized spacial score (nSPS) is 21.2. The molecule has 294 valence electrons. The summed E-state index contributed by atoms with van der Waals surface area (Å²) in [4.78, 5) is 65.1. The molecule has 0 bridgehead atoms. The summed E-state index contributed by atoms with van der Waals surface area (Å²) < 4.78 is 4.19. The number of carbonyl (C=O) groups excluding carboxylic acids is 3. The Labute approximate surface area is 329 Å². The van der Waals surface area contributed by atoms with E-state index >= 15 is 0 Å². The Kier molecular flexibility index (Phi) is 10.3. The number of hydrogen-bond acceptors (Lipinski definition) is 10. The van der Waals surface area contributed by atoms with Gasteiger partial charge in [0.2, 0.25) is 11.8 Å². The molecule has 14 heteroatoms. The second-order valence-electron chi connectivity index (χ2n) is 16.3. The van der Waals surface area contributed by atoms with Crippen LogP contribution in [0.4, 0.5) is 11.4 Å². The van der Waals surface area contributed by atoms with E-state index in [0.29, 0.717) is 41.2 Å². The number of para-hydroxylation sites is 1. The van der Waals surface area contributed by atoms with Gasteiger partial charge < -0.3 is 20.2 Å². The first-order chi connectivity index (χ1) is 26.9. The maximum Gasteiger partial charge on any atom is 0.329 e. The third-order valence-corrected chi connectivity index (χ3v) is 13.3. The molecule has 3 aliphatic rings. The number of imide groups is 1. The number of benzene rings is 2. The lowest BCUT2D eigenvalue weighted by atomic mass is 9.82. The van der Waals surface area contributed by atoms with Crippen LogP contribution < -0.4 is 21.2 Å². The van der Waals surface area contributed by atoms with E-state index in [-0.39, 0.29) is 23.9 Å². The van der Waals surface area contributed by atoms with Gasteiger partial charge in [-0.15, -0.1) is 11.3 Å². The summed E-state index contributed by atoms with van der Waals surface area (Å²) in [6.45, 7) is 6.25. The zero-order chi connectivity index (χ0) is 39.3. The summed E-state index contributed by atoms with van der Waals surface area (Å²) in [7, 11) is 4.02. The second kappa shape index (κ2) is 15.2. The van der Waals surface area contributed by atoms with Crippen LogP contribution in [-0.4, -0.2) is 79.6 Å². The Morgan fingerprint density at radius 3 is 2.48 bits per heavy atom. The minimum absolute atomic E-state index is 0.217. The molecule has 0 radical (unpaired) electrons. The Bertz CT molecular complexity index is 2350. The Morgan fingerprint density at radius 2 is 1.79 bits per heavy atom. The summed E-state index contributed by atoms with van der Waals surface area (Å²) in [5, 5.41) is 17.5. The molecule has 2 saturated heterocycles. The molecule has 0 spiro atoms. The van der Waals surface area contributed by atoms with Crippen molar-refractivity contribution < 1.29 is 19.5 Å². The summed E-state index contributed by atoms with van der Waals surface area (Å²) in [6, 6.07) is 14.8. The summed E-state index contributed by atoms with van der Waals surface area (Å²) in [5.41, 5.74) is 3.48. The van der Waals surface area contributed by atoms with Crippen LogP contribution in [0.3, 0.4) is 0 Å². The molecule has 1 saturated carbocycles. The minimum atomic E-state index is -1.18. The van der Waals surface area contributed by atoms with Gasteiger partial charge in [0.05, 0.1) is 37.5 Å². The molecule has 3 fully saturated rings. The van der Waals surface area contributed by atoms with Crippen LogP contribution in [0.5, 0.6) is 0 Å². The molecule has 13 nitrogen and oxygen atoms in total. The van der Waals surface area contributed by atoms with Crippen molar-refractivity contribution in [1.82, 2.24) is 29.3 Å². The van der Waals surface area contributed by atoms with Gasteiger partial charge in [0.15, 0.2) is 0 Å². The van der Waals surface area contributed by atoms with Gasteiger partial charge in [-0.1, -0.05) is 12.1 Å². The number of carbonyl (C=O) groups is 3. The maximum absolute atomic E-state index is 13.5. The highest BCUT2D eigenvalue weighted by molar-refractivity contribution is 7.18. The predicted molar refractivity (Wildman–Crippen MR) is 218 cm³/mol. The number of aryl methyl sites for hydroxylation is 1. The number of anilines is 2. The smallest absolute Gasteiger partial charge is 0.329 e. The minimum Gasteiger partial charge on any atom is -0.386 e. The number of hydrogen-bond donors (Lipinski definition) is 3. The van der Waals surface area contributed by atoms with Crippen molar-refractivity contribution in [3.05, 3.63) is 81.5 Å². The fourth-order valence-corrected chi connectivity index (χ4v) is 10.2. The van der Waals surface area contributed by atoms with Gasteiger partial charge >= 0.3 is 5.69 Å². The highest BCUT2D eigenvalue weighted by Gasteiger charge is 2.34. The fraction of sp³-hybridized carbons (Fsp3) is 0.476. The van der Waals surface area contributed by atoms with Crippen molar-refractivity contribution in [1.29, 1.82) is 0 Å². The van der Waals surface area contributed by atoms with Crippen molar-refractivity contribution in [3.8, 4) is 0 Å². The van der Waals surface area contributed by atoms with Crippen LogP contribution in [0, 0.1) is 5.92 Å².